The number of amides is 1. The summed E-state index contributed by atoms with van der Waals surface area (Å²) in [5.41, 5.74) is 5.29. The van der Waals surface area contributed by atoms with E-state index in [2.05, 4.69) is 5.32 Å². The number of nitrogens with one attached hydrogen (secondary N) is 1. The summed E-state index contributed by atoms with van der Waals surface area (Å²) in [6, 6.07) is 0.265. The fourth-order valence-electron chi connectivity index (χ4n) is 0.843. The van der Waals surface area contributed by atoms with Crippen molar-refractivity contribution in [1.29, 1.82) is 0 Å². The third-order valence-corrected chi connectivity index (χ3v) is 1.29. The van der Waals surface area contributed by atoms with Gasteiger partial charge in [0.1, 0.15) is 0 Å². The lowest BCUT2D eigenvalue weighted by Gasteiger charge is -2.10. The Kier molecular flexibility index (Phi) is 4.94. The maximum Gasteiger partial charge on any atom is 0.217 e. The van der Waals surface area contributed by atoms with E-state index in [-0.39, 0.29) is 11.9 Å². The van der Waals surface area contributed by atoms with Crippen LogP contribution in [0.2, 0.25) is 0 Å². The van der Waals surface area contributed by atoms with E-state index in [4.69, 9.17) is 5.73 Å². The second kappa shape index (κ2) is 5.23. The summed E-state index contributed by atoms with van der Waals surface area (Å²) in [6.45, 7) is 4.21. The minimum Gasteiger partial charge on any atom is -0.354 e. The lowest BCUT2D eigenvalue weighted by molar-refractivity contribution is -0.119. The summed E-state index contributed by atoms with van der Waals surface area (Å²) in [6.07, 6.45) is 1.94. The molecule has 0 aromatic carbocycles. The molecule has 3 nitrogen and oxygen atoms in total. The Hall–Kier alpha value is -0.570. The quantitative estimate of drug-likeness (QED) is 0.594. The van der Waals surface area contributed by atoms with Crippen molar-refractivity contribution in [3.63, 3.8) is 0 Å². The molecule has 0 aliphatic carbocycles. The Labute approximate surface area is 62.0 Å². The highest BCUT2D eigenvalue weighted by atomic mass is 16.1. The molecule has 3 heteroatoms. The lowest BCUT2D eigenvalue weighted by Crippen LogP contribution is -2.30. The normalized spacial score (nSPS) is 12.7. The molecule has 0 radical (unpaired) electrons. The molecule has 1 atom stereocenters. The van der Waals surface area contributed by atoms with E-state index < -0.39 is 0 Å². The van der Waals surface area contributed by atoms with Crippen LogP contribution in [0.25, 0.3) is 0 Å². The van der Waals surface area contributed by atoms with Gasteiger partial charge >= 0.3 is 0 Å². The average molecular weight is 144 g/mol. The number of carbonyl (C=O) groups is 1. The van der Waals surface area contributed by atoms with Gasteiger partial charge in [0.2, 0.25) is 5.91 Å². The topological polar surface area (TPSA) is 55.1 Å². The summed E-state index contributed by atoms with van der Waals surface area (Å²) in [5, 5.41) is 2.78. The SMILES string of the molecule is CC(=O)NC(C)CCCN. The lowest BCUT2D eigenvalue weighted by atomic mass is 10.2. The van der Waals surface area contributed by atoms with Gasteiger partial charge in [-0.3, -0.25) is 4.79 Å². The number of rotatable bonds is 4. The van der Waals surface area contributed by atoms with E-state index in [9.17, 15) is 4.79 Å². The largest absolute Gasteiger partial charge is 0.354 e. The van der Waals surface area contributed by atoms with Crippen molar-refractivity contribution in [2.45, 2.75) is 32.7 Å². The van der Waals surface area contributed by atoms with E-state index in [1.807, 2.05) is 6.92 Å². The Bertz CT molecular complexity index is 104. The van der Waals surface area contributed by atoms with Crippen LogP contribution in [0.5, 0.6) is 0 Å². The van der Waals surface area contributed by atoms with Crippen LogP contribution in [0, 0.1) is 0 Å². The number of hydrogen-bond donors (Lipinski definition) is 2. The van der Waals surface area contributed by atoms with Crippen LogP contribution in [-0.2, 0) is 4.79 Å². The molecule has 10 heavy (non-hydrogen) atoms. The molecule has 0 aliphatic heterocycles. The molecule has 1 unspecified atom stereocenters. The maximum absolute atomic E-state index is 10.5. The number of nitrogens with two attached hydrogens (primary N) is 1. The molecule has 0 heterocycles. The molecule has 1 amide bonds. The van der Waals surface area contributed by atoms with Crippen molar-refractivity contribution in [3.8, 4) is 0 Å². The van der Waals surface area contributed by atoms with Crippen molar-refractivity contribution >= 4 is 5.91 Å². The van der Waals surface area contributed by atoms with Crippen LogP contribution in [0.1, 0.15) is 26.7 Å². The monoisotopic (exact) mass is 144 g/mol. The maximum atomic E-state index is 10.5. The predicted molar refractivity (Wildman–Crippen MR) is 41.6 cm³/mol. The van der Waals surface area contributed by atoms with Crippen molar-refractivity contribution in [1.82, 2.24) is 5.32 Å². The first-order chi connectivity index (χ1) is 4.66. The van der Waals surface area contributed by atoms with Crippen LogP contribution in [0.15, 0.2) is 0 Å². The van der Waals surface area contributed by atoms with E-state index >= 15 is 0 Å². The zero-order valence-corrected chi connectivity index (χ0v) is 6.68. The molecule has 0 saturated carbocycles. The first-order valence-corrected chi connectivity index (χ1v) is 3.64. The van der Waals surface area contributed by atoms with Gasteiger partial charge in [-0.1, -0.05) is 0 Å². The number of hydrogen-bond acceptors (Lipinski definition) is 2. The smallest absolute Gasteiger partial charge is 0.217 e. The van der Waals surface area contributed by atoms with Crippen molar-refractivity contribution in [2.75, 3.05) is 6.54 Å². The van der Waals surface area contributed by atoms with Gasteiger partial charge in [0.25, 0.3) is 0 Å². The molecular formula is C7H16N2O. The molecule has 0 aromatic heterocycles. The van der Waals surface area contributed by atoms with Gasteiger partial charge in [0.05, 0.1) is 0 Å². The van der Waals surface area contributed by atoms with Gasteiger partial charge in [0.15, 0.2) is 0 Å². The van der Waals surface area contributed by atoms with Crippen LogP contribution in [0.4, 0.5) is 0 Å². The fraction of sp³-hybridized carbons (Fsp3) is 0.857. The standard InChI is InChI=1S/C7H16N2O/c1-6(4-3-5-8)9-7(2)10/h6H,3-5,8H2,1-2H3,(H,9,10). The zero-order valence-electron chi connectivity index (χ0n) is 6.68. The van der Waals surface area contributed by atoms with Crippen molar-refractivity contribution < 1.29 is 4.79 Å². The molecule has 0 bridgehead atoms. The Morgan fingerprint density at radius 2 is 2.30 bits per heavy atom. The molecule has 0 rings (SSSR count). The predicted octanol–water partition coefficient (Wildman–Crippen LogP) is 0.250. The summed E-state index contributed by atoms with van der Waals surface area (Å²) in [4.78, 5) is 10.5. The molecular weight excluding hydrogens is 128 g/mol. The van der Waals surface area contributed by atoms with Crippen molar-refractivity contribution in [2.24, 2.45) is 5.73 Å². The van der Waals surface area contributed by atoms with Gasteiger partial charge in [-0.05, 0) is 26.3 Å². The number of carbonyl (C=O) groups excluding carboxylic acids is 1. The van der Waals surface area contributed by atoms with Gasteiger partial charge in [-0.15, -0.1) is 0 Å². The molecule has 60 valence electrons. The third kappa shape index (κ3) is 5.56. The van der Waals surface area contributed by atoms with Crippen LogP contribution >= 0.6 is 0 Å². The Morgan fingerprint density at radius 3 is 2.70 bits per heavy atom. The first kappa shape index (κ1) is 9.43. The van der Waals surface area contributed by atoms with Crippen LogP contribution in [-0.4, -0.2) is 18.5 Å². The van der Waals surface area contributed by atoms with E-state index in [0.29, 0.717) is 6.54 Å². The van der Waals surface area contributed by atoms with Crippen LogP contribution < -0.4 is 11.1 Å². The van der Waals surface area contributed by atoms with Gasteiger partial charge in [0, 0.05) is 13.0 Å². The molecule has 0 aromatic rings. The minimum atomic E-state index is 0.0320. The molecule has 3 N–H and O–H groups in total. The van der Waals surface area contributed by atoms with Crippen LogP contribution in [0.3, 0.4) is 0 Å². The summed E-state index contributed by atoms with van der Waals surface area (Å²) in [5.74, 6) is 0.0320. The highest BCUT2D eigenvalue weighted by Crippen LogP contribution is 1.93. The van der Waals surface area contributed by atoms with E-state index in [0.717, 1.165) is 12.8 Å². The van der Waals surface area contributed by atoms with Gasteiger partial charge in [-0.25, -0.2) is 0 Å². The molecule has 0 spiro atoms. The zero-order chi connectivity index (χ0) is 7.98. The molecule has 0 aliphatic rings. The fourth-order valence-corrected chi connectivity index (χ4v) is 0.843. The average Bonchev–Trinajstić information content (AvgIpc) is 1.82. The first-order valence-electron chi connectivity index (χ1n) is 3.64. The molecule has 0 saturated heterocycles. The van der Waals surface area contributed by atoms with E-state index in [1.165, 1.54) is 6.92 Å². The summed E-state index contributed by atoms with van der Waals surface area (Å²) < 4.78 is 0. The Balaban J connectivity index is 3.25. The second-order valence-electron chi connectivity index (χ2n) is 2.53. The minimum absolute atomic E-state index is 0.0320. The molecule has 0 fully saturated rings. The second-order valence-corrected chi connectivity index (χ2v) is 2.53. The summed E-state index contributed by atoms with van der Waals surface area (Å²) in [7, 11) is 0. The van der Waals surface area contributed by atoms with E-state index in [1.54, 1.807) is 0 Å². The summed E-state index contributed by atoms with van der Waals surface area (Å²) >= 11 is 0. The third-order valence-electron chi connectivity index (χ3n) is 1.29. The highest BCUT2D eigenvalue weighted by molar-refractivity contribution is 5.73. The Morgan fingerprint density at radius 1 is 1.70 bits per heavy atom. The van der Waals surface area contributed by atoms with Gasteiger partial charge < -0.3 is 11.1 Å². The van der Waals surface area contributed by atoms with Gasteiger partial charge in [-0.2, -0.15) is 0 Å². The van der Waals surface area contributed by atoms with Crippen molar-refractivity contribution in [3.05, 3.63) is 0 Å². The highest BCUT2D eigenvalue weighted by Gasteiger charge is 2.00.